The molecule has 0 saturated carbocycles. The van der Waals surface area contributed by atoms with Gasteiger partial charge < -0.3 is 15.2 Å². The zero-order valence-electron chi connectivity index (χ0n) is 11.2. The molecule has 3 nitrogen and oxygen atoms in total. The predicted molar refractivity (Wildman–Crippen MR) is 72.8 cm³/mol. The maximum Gasteiger partial charge on any atom is 0.194 e. The van der Waals surface area contributed by atoms with E-state index in [0.29, 0.717) is 11.3 Å². The fourth-order valence-corrected chi connectivity index (χ4v) is 1.82. The molecule has 2 N–H and O–H groups in total. The van der Waals surface area contributed by atoms with Gasteiger partial charge in [0.1, 0.15) is 5.75 Å². The number of ether oxygens (including phenoxy) is 1. The van der Waals surface area contributed by atoms with E-state index < -0.39 is 23.6 Å². The van der Waals surface area contributed by atoms with Crippen molar-refractivity contribution in [1.82, 2.24) is 0 Å². The van der Waals surface area contributed by atoms with Gasteiger partial charge in [0.2, 0.25) is 0 Å². The summed E-state index contributed by atoms with van der Waals surface area (Å²) in [6.45, 7) is 0.0246. The van der Waals surface area contributed by atoms with Crippen LogP contribution in [-0.2, 0) is 0 Å². The van der Waals surface area contributed by atoms with E-state index in [0.717, 1.165) is 12.1 Å². The first-order valence-electron chi connectivity index (χ1n) is 6.21. The molecule has 1 atom stereocenters. The Morgan fingerprint density at radius 3 is 2.19 bits per heavy atom. The van der Waals surface area contributed by atoms with Crippen LogP contribution in [0.5, 0.6) is 5.75 Å². The number of aliphatic hydroxyl groups excluding tert-OH is 1. The summed E-state index contributed by atoms with van der Waals surface area (Å²) in [6, 6.07) is 8.40. The van der Waals surface area contributed by atoms with Gasteiger partial charge in [-0.2, -0.15) is 0 Å². The van der Waals surface area contributed by atoms with Crippen molar-refractivity contribution in [2.24, 2.45) is 0 Å². The first kappa shape index (κ1) is 15.2. The minimum absolute atomic E-state index is 0.0246. The maximum atomic E-state index is 13.0. The normalized spacial score (nSPS) is 12.0. The Balaban J connectivity index is 2.01. The van der Waals surface area contributed by atoms with Gasteiger partial charge in [-0.25, -0.2) is 13.2 Å². The molecule has 0 fully saturated rings. The molecular weight excluding hydrogens is 283 g/mol. The molecule has 112 valence electrons. The van der Waals surface area contributed by atoms with E-state index in [1.54, 1.807) is 24.3 Å². The summed E-state index contributed by atoms with van der Waals surface area (Å²) in [6.07, 6.45) is -0.882. The molecule has 0 bridgehead atoms. The number of methoxy groups -OCH3 is 1. The smallest absolute Gasteiger partial charge is 0.194 e. The summed E-state index contributed by atoms with van der Waals surface area (Å²) in [5.74, 6) is -3.43. The van der Waals surface area contributed by atoms with Crippen LogP contribution in [0.25, 0.3) is 0 Å². The summed E-state index contributed by atoms with van der Waals surface area (Å²) >= 11 is 0. The van der Waals surface area contributed by atoms with Crippen LogP contribution in [0, 0.1) is 17.5 Å². The van der Waals surface area contributed by atoms with Crippen molar-refractivity contribution < 1.29 is 23.0 Å². The summed E-state index contributed by atoms with van der Waals surface area (Å²) in [7, 11) is 1.53. The molecule has 2 aromatic rings. The lowest BCUT2D eigenvalue weighted by Gasteiger charge is -2.14. The standard InChI is InChI=1S/C15H14F3NO2/c1-21-11-4-2-9(3-5-11)14(20)8-19-10-6-12(16)15(18)13(17)7-10/h2-7,14,19-20H,8H2,1H3. The molecule has 2 rings (SSSR count). The van der Waals surface area contributed by atoms with Gasteiger partial charge in [0.25, 0.3) is 0 Å². The van der Waals surface area contributed by atoms with Gasteiger partial charge in [0.05, 0.1) is 13.2 Å². The molecule has 1 unspecified atom stereocenters. The van der Waals surface area contributed by atoms with E-state index in [2.05, 4.69) is 5.32 Å². The lowest BCUT2D eigenvalue weighted by molar-refractivity contribution is 0.191. The first-order chi connectivity index (χ1) is 10.0. The molecule has 0 saturated heterocycles. The highest BCUT2D eigenvalue weighted by Gasteiger charge is 2.12. The fourth-order valence-electron chi connectivity index (χ4n) is 1.82. The van der Waals surface area contributed by atoms with Crippen molar-refractivity contribution in [3.63, 3.8) is 0 Å². The van der Waals surface area contributed by atoms with Crippen LogP contribution in [0.2, 0.25) is 0 Å². The second-order valence-corrected chi connectivity index (χ2v) is 4.42. The van der Waals surface area contributed by atoms with Gasteiger partial charge in [0.15, 0.2) is 17.5 Å². The molecule has 0 amide bonds. The third-order valence-corrected chi connectivity index (χ3v) is 2.98. The number of hydrogen-bond donors (Lipinski definition) is 2. The van der Waals surface area contributed by atoms with Crippen molar-refractivity contribution in [2.75, 3.05) is 19.0 Å². The van der Waals surface area contributed by atoms with E-state index in [1.165, 1.54) is 7.11 Å². The van der Waals surface area contributed by atoms with Gasteiger partial charge in [0, 0.05) is 24.4 Å². The Hall–Kier alpha value is -2.21. The number of hydrogen-bond acceptors (Lipinski definition) is 3. The second-order valence-electron chi connectivity index (χ2n) is 4.42. The third-order valence-electron chi connectivity index (χ3n) is 2.98. The van der Waals surface area contributed by atoms with Crippen molar-refractivity contribution in [1.29, 1.82) is 0 Å². The first-order valence-corrected chi connectivity index (χ1v) is 6.21. The Morgan fingerprint density at radius 1 is 1.10 bits per heavy atom. The Kier molecular flexibility index (Phi) is 4.70. The molecule has 21 heavy (non-hydrogen) atoms. The lowest BCUT2D eigenvalue weighted by Crippen LogP contribution is -2.12. The molecular formula is C15H14F3NO2. The van der Waals surface area contributed by atoms with E-state index in [4.69, 9.17) is 4.74 Å². The Bertz CT molecular complexity index is 594. The van der Waals surface area contributed by atoms with Gasteiger partial charge in [-0.05, 0) is 17.7 Å². The van der Waals surface area contributed by atoms with Crippen LogP contribution in [0.3, 0.4) is 0 Å². The summed E-state index contributed by atoms with van der Waals surface area (Å²) in [4.78, 5) is 0. The molecule has 0 aromatic heterocycles. The van der Waals surface area contributed by atoms with Crippen LogP contribution in [0.15, 0.2) is 36.4 Å². The molecule has 2 aromatic carbocycles. The highest BCUT2D eigenvalue weighted by Crippen LogP contribution is 2.20. The molecule has 0 heterocycles. The number of anilines is 1. The lowest BCUT2D eigenvalue weighted by atomic mass is 10.1. The topological polar surface area (TPSA) is 41.5 Å². The number of nitrogens with one attached hydrogen (secondary N) is 1. The van der Waals surface area contributed by atoms with E-state index in [1.807, 2.05) is 0 Å². The third kappa shape index (κ3) is 3.66. The van der Waals surface area contributed by atoms with Gasteiger partial charge >= 0.3 is 0 Å². The molecule has 0 aliphatic rings. The van der Waals surface area contributed by atoms with Crippen molar-refractivity contribution in [3.05, 3.63) is 59.4 Å². The average Bonchev–Trinajstić information content (AvgIpc) is 2.50. The van der Waals surface area contributed by atoms with Crippen LogP contribution < -0.4 is 10.1 Å². The summed E-state index contributed by atoms with van der Waals surface area (Å²) in [5, 5.41) is 12.6. The number of halogens is 3. The van der Waals surface area contributed by atoms with E-state index >= 15 is 0 Å². The number of aliphatic hydroxyl groups is 1. The maximum absolute atomic E-state index is 13.0. The monoisotopic (exact) mass is 297 g/mol. The molecule has 6 heteroatoms. The van der Waals surface area contributed by atoms with Crippen molar-refractivity contribution in [2.45, 2.75) is 6.10 Å². The fraction of sp³-hybridized carbons (Fsp3) is 0.200. The average molecular weight is 297 g/mol. The van der Waals surface area contributed by atoms with Crippen molar-refractivity contribution in [3.8, 4) is 5.75 Å². The number of rotatable bonds is 5. The largest absolute Gasteiger partial charge is 0.497 e. The van der Waals surface area contributed by atoms with Crippen LogP contribution in [0.4, 0.5) is 18.9 Å². The quantitative estimate of drug-likeness (QED) is 0.832. The summed E-state index contributed by atoms with van der Waals surface area (Å²) in [5.41, 5.74) is 0.672. The summed E-state index contributed by atoms with van der Waals surface area (Å²) < 4.78 is 43.9. The van der Waals surface area contributed by atoms with Crippen LogP contribution >= 0.6 is 0 Å². The molecule has 0 aliphatic carbocycles. The zero-order valence-corrected chi connectivity index (χ0v) is 11.2. The van der Waals surface area contributed by atoms with Crippen LogP contribution in [0.1, 0.15) is 11.7 Å². The highest BCUT2D eigenvalue weighted by molar-refractivity contribution is 5.44. The Labute approximate surface area is 120 Å². The van der Waals surface area contributed by atoms with Gasteiger partial charge in [-0.1, -0.05) is 12.1 Å². The highest BCUT2D eigenvalue weighted by atomic mass is 19.2. The SMILES string of the molecule is COc1ccc(C(O)CNc2cc(F)c(F)c(F)c2)cc1. The van der Waals surface area contributed by atoms with Gasteiger partial charge in [-0.15, -0.1) is 0 Å². The zero-order chi connectivity index (χ0) is 15.4. The van der Waals surface area contributed by atoms with Crippen LogP contribution in [-0.4, -0.2) is 18.8 Å². The van der Waals surface area contributed by atoms with Gasteiger partial charge in [-0.3, -0.25) is 0 Å². The predicted octanol–water partition coefficient (Wildman–Crippen LogP) is 3.26. The minimum Gasteiger partial charge on any atom is -0.497 e. The van der Waals surface area contributed by atoms with E-state index in [-0.39, 0.29) is 12.2 Å². The molecule has 0 spiro atoms. The number of benzene rings is 2. The van der Waals surface area contributed by atoms with E-state index in [9.17, 15) is 18.3 Å². The Morgan fingerprint density at radius 2 is 1.67 bits per heavy atom. The molecule has 0 aliphatic heterocycles. The molecule has 0 radical (unpaired) electrons. The second kappa shape index (κ2) is 6.49. The minimum atomic E-state index is -1.52. The van der Waals surface area contributed by atoms with Crippen molar-refractivity contribution >= 4 is 5.69 Å².